The van der Waals surface area contributed by atoms with Gasteiger partial charge in [0.15, 0.2) is 0 Å². The van der Waals surface area contributed by atoms with E-state index in [1.807, 2.05) is 48.5 Å². The molecule has 0 unspecified atom stereocenters. The highest BCUT2D eigenvalue weighted by Gasteiger charge is 2.07. The van der Waals surface area contributed by atoms with Crippen molar-refractivity contribution in [2.75, 3.05) is 20.8 Å². The summed E-state index contributed by atoms with van der Waals surface area (Å²) < 4.78 is 10.8. The van der Waals surface area contributed by atoms with E-state index in [1.165, 1.54) is 7.11 Å². The summed E-state index contributed by atoms with van der Waals surface area (Å²) in [5.41, 5.74) is 2.42. The average Bonchev–Trinajstić information content (AvgIpc) is 2.59. The van der Waals surface area contributed by atoms with E-state index in [4.69, 9.17) is 19.4 Å². The van der Waals surface area contributed by atoms with Crippen molar-refractivity contribution in [3.05, 3.63) is 59.7 Å². The third kappa shape index (κ3) is 4.23. The highest BCUT2D eigenvalue weighted by molar-refractivity contribution is 6.01. The lowest BCUT2D eigenvalue weighted by atomic mass is 10.1. The molecule has 2 aromatic rings. The van der Waals surface area contributed by atoms with Gasteiger partial charge in [-0.25, -0.2) is 0 Å². The average molecular weight is 301 g/mol. The van der Waals surface area contributed by atoms with E-state index in [9.17, 15) is 0 Å². The Balaban J connectivity index is 2.06. The molecule has 2 rings (SSSR count). The number of aliphatic hydroxyl groups is 1. The first-order valence-electron chi connectivity index (χ1n) is 6.84. The molecule has 0 aromatic heterocycles. The molecule has 5 heteroatoms. The van der Waals surface area contributed by atoms with Crippen LogP contribution in [0.4, 0.5) is 0 Å². The fourth-order valence-electron chi connectivity index (χ4n) is 1.90. The molecular formula is C17H19NO4. The van der Waals surface area contributed by atoms with Crippen molar-refractivity contribution in [1.82, 2.24) is 0 Å². The van der Waals surface area contributed by atoms with Gasteiger partial charge in [0.05, 0.1) is 13.7 Å². The van der Waals surface area contributed by atoms with E-state index in [2.05, 4.69) is 5.16 Å². The maximum atomic E-state index is 9.02. The second-order valence-corrected chi connectivity index (χ2v) is 4.54. The lowest BCUT2D eigenvalue weighted by Gasteiger charge is -2.10. The van der Waals surface area contributed by atoms with Gasteiger partial charge in [-0.15, -0.1) is 0 Å². The van der Waals surface area contributed by atoms with Crippen LogP contribution in [0.15, 0.2) is 53.7 Å². The van der Waals surface area contributed by atoms with Gasteiger partial charge >= 0.3 is 0 Å². The van der Waals surface area contributed by atoms with Crippen molar-refractivity contribution in [2.24, 2.45) is 5.16 Å². The molecule has 2 aromatic carbocycles. The Bertz CT molecular complexity index is 606. The molecule has 0 aliphatic carbocycles. The minimum atomic E-state index is 0.0164. The molecule has 1 N–H and O–H groups in total. The Morgan fingerprint density at radius 1 is 0.955 bits per heavy atom. The maximum Gasteiger partial charge on any atom is 0.134 e. The predicted octanol–water partition coefficient (Wildman–Crippen LogP) is 2.62. The van der Waals surface area contributed by atoms with Crippen LogP contribution < -0.4 is 9.47 Å². The fraction of sp³-hybridized carbons (Fsp3) is 0.235. The van der Waals surface area contributed by atoms with Crippen LogP contribution in [0.1, 0.15) is 11.1 Å². The molecule has 0 radical (unpaired) electrons. The van der Waals surface area contributed by atoms with E-state index in [0.29, 0.717) is 11.5 Å². The number of oxime groups is 1. The first-order valence-corrected chi connectivity index (χ1v) is 6.84. The Morgan fingerprint density at radius 3 is 2.14 bits per heavy atom. The Morgan fingerprint density at radius 2 is 1.59 bits per heavy atom. The van der Waals surface area contributed by atoms with E-state index in [1.54, 1.807) is 7.11 Å². The number of hydrogen-bond acceptors (Lipinski definition) is 5. The number of ether oxygens (including phenoxy) is 2. The van der Waals surface area contributed by atoms with Gasteiger partial charge in [0.2, 0.25) is 0 Å². The van der Waals surface area contributed by atoms with Gasteiger partial charge in [0, 0.05) is 5.56 Å². The first kappa shape index (κ1) is 15.9. The van der Waals surface area contributed by atoms with Gasteiger partial charge in [0.1, 0.15) is 30.9 Å². The monoisotopic (exact) mass is 301 g/mol. The highest BCUT2D eigenvalue weighted by atomic mass is 16.6. The van der Waals surface area contributed by atoms with E-state index in [-0.39, 0.29) is 13.2 Å². The number of benzene rings is 2. The number of nitrogens with zero attached hydrogens (tertiary/aromatic N) is 1. The highest BCUT2D eigenvalue weighted by Crippen LogP contribution is 2.15. The minimum Gasteiger partial charge on any atom is -0.497 e. The van der Waals surface area contributed by atoms with E-state index >= 15 is 0 Å². The zero-order valence-electron chi connectivity index (χ0n) is 12.7. The smallest absolute Gasteiger partial charge is 0.134 e. The molecule has 0 amide bonds. The number of hydrogen-bond donors (Lipinski definition) is 1. The van der Waals surface area contributed by atoms with Gasteiger partial charge in [-0.05, 0) is 42.0 Å². The van der Waals surface area contributed by atoms with Crippen molar-refractivity contribution in [2.45, 2.75) is 6.61 Å². The van der Waals surface area contributed by atoms with Gasteiger partial charge in [-0.3, -0.25) is 0 Å². The van der Waals surface area contributed by atoms with Crippen LogP contribution in [-0.4, -0.2) is 31.6 Å². The van der Waals surface area contributed by atoms with Crippen LogP contribution in [0.25, 0.3) is 0 Å². The summed E-state index contributed by atoms with van der Waals surface area (Å²) in [7, 11) is 3.12. The molecule has 0 heterocycles. The van der Waals surface area contributed by atoms with Gasteiger partial charge in [0.25, 0.3) is 0 Å². The minimum absolute atomic E-state index is 0.0164. The molecule has 5 nitrogen and oxygen atoms in total. The topological polar surface area (TPSA) is 60.3 Å². The molecule has 0 saturated heterocycles. The SMILES string of the molecule is CO/N=C(/COc1ccc(CO)cc1)c1ccc(OC)cc1. The molecule has 0 aliphatic rings. The van der Waals surface area contributed by atoms with Gasteiger partial charge < -0.3 is 19.4 Å². The summed E-state index contributed by atoms with van der Waals surface area (Å²) >= 11 is 0. The lowest BCUT2D eigenvalue weighted by Crippen LogP contribution is -2.13. The number of aliphatic hydroxyl groups excluding tert-OH is 1. The molecule has 0 bridgehead atoms. The van der Waals surface area contributed by atoms with Crippen molar-refractivity contribution in [3.8, 4) is 11.5 Å². The van der Waals surface area contributed by atoms with E-state index in [0.717, 1.165) is 16.9 Å². The Hall–Kier alpha value is -2.53. The lowest BCUT2D eigenvalue weighted by molar-refractivity contribution is 0.210. The van der Waals surface area contributed by atoms with Crippen molar-refractivity contribution in [1.29, 1.82) is 0 Å². The quantitative estimate of drug-likeness (QED) is 0.631. The predicted molar refractivity (Wildman–Crippen MR) is 84.4 cm³/mol. The molecule has 0 atom stereocenters. The molecule has 0 aliphatic heterocycles. The van der Waals surface area contributed by atoms with Crippen LogP contribution in [0.5, 0.6) is 11.5 Å². The molecule has 0 fully saturated rings. The van der Waals surface area contributed by atoms with Crippen LogP contribution in [0.2, 0.25) is 0 Å². The molecule has 116 valence electrons. The second-order valence-electron chi connectivity index (χ2n) is 4.54. The van der Waals surface area contributed by atoms with Crippen LogP contribution in [0, 0.1) is 0 Å². The van der Waals surface area contributed by atoms with Crippen LogP contribution in [-0.2, 0) is 11.4 Å². The zero-order chi connectivity index (χ0) is 15.8. The van der Waals surface area contributed by atoms with Crippen LogP contribution >= 0.6 is 0 Å². The first-order chi connectivity index (χ1) is 10.8. The van der Waals surface area contributed by atoms with Gasteiger partial charge in [-0.2, -0.15) is 0 Å². The maximum absolute atomic E-state index is 9.02. The molecule has 22 heavy (non-hydrogen) atoms. The largest absolute Gasteiger partial charge is 0.497 e. The standard InChI is InChI=1S/C17H19NO4/c1-20-15-9-5-14(6-10-15)17(18-21-2)12-22-16-7-3-13(11-19)4-8-16/h3-10,19H,11-12H2,1-2H3/b18-17-. The van der Waals surface area contributed by atoms with Crippen LogP contribution in [0.3, 0.4) is 0 Å². The summed E-state index contributed by atoms with van der Waals surface area (Å²) in [5.74, 6) is 1.48. The third-order valence-corrected chi connectivity index (χ3v) is 3.11. The Kier molecular flexibility index (Phi) is 5.80. The molecule has 0 saturated carbocycles. The molecular weight excluding hydrogens is 282 g/mol. The third-order valence-electron chi connectivity index (χ3n) is 3.11. The fourth-order valence-corrected chi connectivity index (χ4v) is 1.90. The Labute approximate surface area is 129 Å². The summed E-state index contributed by atoms with van der Waals surface area (Å²) in [4.78, 5) is 4.88. The second kappa shape index (κ2) is 8.05. The van der Waals surface area contributed by atoms with Crippen molar-refractivity contribution >= 4 is 5.71 Å². The van der Waals surface area contributed by atoms with E-state index < -0.39 is 0 Å². The summed E-state index contributed by atoms with van der Waals surface area (Å²) in [5, 5.41) is 13.0. The van der Waals surface area contributed by atoms with Crippen molar-refractivity contribution < 1.29 is 19.4 Å². The summed E-state index contributed by atoms with van der Waals surface area (Å²) in [6.07, 6.45) is 0. The number of methoxy groups -OCH3 is 1. The summed E-state index contributed by atoms with van der Waals surface area (Å²) in [6.45, 7) is 0.293. The van der Waals surface area contributed by atoms with Gasteiger partial charge in [-0.1, -0.05) is 17.3 Å². The van der Waals surface area contributed by atoms with Crippen molar-refractivity contribution in [3.63, 3.8) is 0 Å². The summed E-state index contributed by atoms with van der Waals surface area (Å²) in [6, 6.07) is 14.8. The normalized spacial score (nSPS) is 11.1. The zero-order valence-corrected chi connectivity index (χ0v) is 12.7. The molecule has 0 spiro atoms. The number of rotatable bonds is 7.